The first-order valence-electron chi connectivity index (χ1n) is 3.65. The summed E-state index contributed by atoms with van der Waals surface area (Å²) in [6.07, 6.45) is 1.76. The van der Waals surface area contributed by atoms with Crippen LogP contribution in [0.4, 0.5) is 0 Å². The third-order valence-corrected chi connectivity index (χ3v) is 1.91. The van der Waals surface area contributed by atoms with Gasteiger partial charge in [-0.05, 0) is 23.8 Å². The zero-order valence-electron chi connectivity index (χ0n) is 7.12. The summed E-state index contributed by atoms with van der Waals surface area (Å²) >= 11 is 3.12. The molecular formula is C10H8BrNO. The predicted molar refractivity (Wildman–Crippen MR) is 56.5 cm³/mol. The first-order valence-corrected chi connectivity index (χ1v) is 4.44. The van der Waals surface area contributed by atoms with Crippen LogP contribution in [0.5, 0.6) is 5.75 Å². The molecule has 0 aromatic heterocycles. The molecular weight excluding hydrogens is 230 g/mol. The van der Waals surface area contributed by atoms with Crippen LogP contribution in [0.25, 0.3) is 10.9 Å². The molecule has 0 aliphatic rings. The number of methoxy groups -OCH3 is 1. The normalized spacial score (nSPS) is 10.7. The van der Waals surface area contributed by atoms with E-state index in [9.17, 15) is 0 Å². The fourth-order valence-corrected chi connectivity index (χ4v) is 1.13. The largest absolute Gasteiger partial charge is 0.497 e. The van der Waals surface area contributed by atoms with Crippen LogP contribution < -0.4 is 4.74 Å². The quantitative estimate of drug-likeness (QED) is 0.569. The van der Waals surface area contributed by atoms with Crippen molar-refractivity contribution in [2.24, 2.45) is 0 Å². The van der Waals surface area contributed by atoms with Gasteiger partial charge >= 0.3 is 0 Å². The molecule has 0 spiro atoms. The summed E-state index contributed by atoms with van der Waals surface area (Å²) < 4.78 is 5.51. The highest BCUT2D eigenvalue weighted by Crippen LogP contribution is 2.16. The number of benzene rings is 1. The van der Waals surface area contributed by atoms with Gasteiger partial charge in [0.2, 0.25) is 4.61 Å². The van der Waals surface area contributed by atoms with Crippen molar-refractivity contribution in [3.63, 3.8) is 0 Å². The van der Waals surface area contributed by atoms with Crippen LogP contribution in [-0.2, 0) is 0 Å². The molecule has 1 aromatic rings. The third kappa shape index (κ3) is 2.92. The number of ether oxygens (including phenoxy) is 1. The molecule has 0 radical (unpaired) electrons. The van der Waals surface area contributed by atoms with Gasteiger partial charge in [-0.15, -0.1) is 0 Å². The fourth-order valence-electron chi connectivity index (χ4n) is 0.870. The molecule has 3 heteroatoms. The fraction of sp³-hybridized carbons (Fsp3) is 0.100. The Morgan fingerprint density at radius 2 is 2.08 bits per heavy atom. The molecule has 0 saturated heterocycles. The second-order valence-electron chi connectivity index (χ2n) is 2.35. The van der Waals surface area contributed by atoms with Crippen molar-refractivity contribution in [2.75, 3.05) is 7.11 Å². The van der Waals surface area contributed by atoms with Crippen LogP contribution in [0.3, 0.4) is 0 Å². The summed E-state index contributed by atoms with van der Waals surface area (Å²) in [5.41, 5.74) is 0.976. The second-order valence-corrected chi connectivity index (χ2v) is 3.16. The zero-order valence-corrected chi connectivity index (χ0v) is 8.71. The van der Waals surface area contributed by atoms with E-state index in [4.69, 9.17) is 11.3 Å². The average molecular weight is 238 g/mol. The highest BCUT2D eigenvalue weighted by molar-refractivity contribution is 9.12. The monoisotopic (exact) mass is 237 g/mol. The number of hydrogen-bond acceptors (Lipinski definition) is 1. The first kappa shape index (κ1) is 9.82. The minimum atomic E-state index is 0.498. The average Bonchev–Trinajstić information content (AvgIpc) is 2.19. The Morgan fingerprint density at radius 3 is 2.54 bits per heavy atom. The molecule has 0 aliphatic heterocycles. The lowest BCUT2D eigenvalue weighted by Gasteiger charge is -1.98. The van der Waals surface area contributed by atoms with Gasteiger partial charge < -0.3 is 4.74 Å². The van der Waals surface area contributed by atoms with Gasteiger partial charge in [0.1, 0.15) is 5.75 Å². The van der Waals surface area contributed by atoms with Crippen molar-refractivity contribution in [1.29, 1.82) is 0 Å². The van der Waals surface area contributed by atoms with E-state index >= 15 is 0 Å². The van der Waals surface area contributed by atoms with E-state index in [0.29, 0.717) is 4.61 Å². The lowest BCUT2D eigenvalue weighted by molar-refractivity contribution is 0.415. The summed E-state index contributed by atoms with van der Waals surface area (Å²) in [5, 5.41) is 0. The molecule has 0 amide bonds. The number of halogens is 1. The van der Waals surface area contributed by atoms with Gasteiger partial charge in [0.15, 0.2) is 0 Å². The standard InChI is InChI=1S/C10H8BrNO/c1-12-10(11)7-8-3-5-9(13-2)6-4-8/h3-7H,2H3/b10-7+. The van der Waals surface area contributed by atoms with Crippen molar-refractivity contribution in [3.8, 4) is 5.75 Å². The predicted octanol–water partition coefficient (Wildman–Crippen LogP) is 3.31. The number of hydrogen-bond donors (Lipinski definition) is 0. The van der Waals surface area contributed by atoms with Crippen molar-refractivity contribution in [2.45, 2.75) is 0 Å². The summed E-state index contributed by atoms with van der Waals surface area (Å²) in [6, 6.07) is 7.50. The first-order chi connectivity index (χ1) is 6.26. The van der Waals surface area contributed by atoms with E-state index in [0.717, 1.165) is 11.3 Å². The van der Waals surface area contributed by atoms with E-state index < -0.39 is 0 Å². The van der Waals surface area contributed by atoms with Gasteiger partial charge in [-0.3, -0.25) is 0 Å². The summed E-state index contributed by atoms with van der Waals surface area (Å²) in [4.78, 5) is 3.22. The Bertz CT molecular complexity index is 348. The van der Waals surface area contributed by atoms with Crippen molar-refractivity contribution in [3.05, 3.63) is 45.9 Å². The van der Waals surface area contributed by atoms with Gasteiger partial charge in [0.25, 0.3) is 0 Å². The third-order valence-electron chi connectivity index (χ3n) is 1.51. The smallest absolute Gasteiger partial charge is 0.228 e. The lowest BCUT2D eigenvalue weighted by atomic mass is 10.2. The van der Waals surface area contributed by atoms with E-state index in [1.807, 2.05) is 24.3 Å². The molecule has 0 heterocycles. The molecule has 0 bridgehead atoms. The summed E-state index contributed by atoms with van der Waals surface area (Å²) in [5.74, 6) is 0.816. The Kier molecular flexibility index (Phi) is 3.53. The van der Waals surface area contributed by atoms with Crippen LogP contribution in [0.1, 0.15) is 5.56 Å². The van der Waals surface area contributed by atoms with Gasteiger partial charge in [0, 0.05) is 0 Å². The SMILES string of the molecule is [C-]#[N+]/C(Br)=C/c1ccc(OC)cc1. The zero-order chi connectivity index (χ0) is 9.68. The molecule has 0 N–H and O–H groups in total. The maximum atomic E-state index is 6.72. The molecule has 0 aliphatic carbocycles. The molecule has 0 fully saturated rings. The topological polar surface area (TPSA) is 13.6 Å². The van der Waals surface area contributed by atoms with E-state index in [-0.39, 0.29) is 0 Å². The van der Waals surface area contributed by atoms with Crippen LogP contribution >= 0.6 is 15.9 Å². The number of rotatable bonds is 2. The molecule has 1 rings (SSSR count). The van der Waals surface area contributed by atoms with Gasteiger partial charge in [-0.25, -0.2) is 4.85 Å². The van der Waals surface area contributed by atoms with Crippen LogP contribution in [0.2, 0.25) is 0 Å². The highest BCUT2D eigenvalue weighted by atomic mass is 79.9. The minimum absolute atomic E-state index is 0.498. The Balaban J connectivity index is 2.88. The second kappa shape index (κ2) is 4.68. The summed E-state index contributed by atoms with van der Waals surface area (Å²) in [7, 11) is 1.62. The van der Waals surface area contributed by atoms with Crippen LogP contribution in [0.15, 0.2) is 28.9 Å². The van der Waals surface area contributed by atoms with Crippen molar-refractivity contribution in [1.82, 2.24) is 0 Å². The Morgan fingerprint density at radius 1 is 1.46 bits per heavy atom. The highest BCUT2D eigenvalue weighted by Gasteiger charge is 1.92. The van der Waals surface area contributed by atoms with E-state index in [2.05, 4.69) is 20.8 Å². The molecule has 66 valence electrons. The van der Waals surface area contributed by atoms with Gasteiger partial charge in [0.05, 0.1) is 13.7 Å². The summed E-state index contributed by atoms with van der Waals surface area (Å²) in [6.45, 7) is 6.72. The minimum Gasteiger partial charge on any atom is -0.497 e. The van der Waals surface area contributed by atoms with Crippen LogP contribution in [-0.4, -0.2) is 7.11 Å². The van der Waals surface area contributed by atoms with Crippen molar-refractivity contribution < 1.29 is 4.74 Å². The number of nitrogens with zero attached hydrogens (tertiary/aromatic N) is 1. The van der Waals surface area contributed by atoms with Crippen LogP contribution in [0, 0.1) is 6.57 Å². The van der Waals surface area contributed by atoms with Gasteiger partial charge in [-0.1, -0.05) is 28.1 Å². The maximum Gasteiger partial charge on any atom is 0.228 e. The lowest BCUT2D eigenvalue weighted by Crippen LogP contribution is -1.81. The molecule has 0 unspecified atom stereocenters. The molecule has 0 saturated carbocycles. The Hall–Kier alpha value is -1.27. The maximum absolute atomic E-state index is 6.72. The van der Waals surface area contributed by atoms with E-state index in [1.54, 1.807) is 13.2 Å². The molecule has 2 nitrogen and oxygen atoms in total. The van der Waals surface area contributed by atoms with Crippen molar-refractivity contribution >= 4 is 22.0 Å². The molecule has 0 atom stereocenters. The van der Waals surface area contributed by atoms with E-state index in [1.165, 1.54) is 0 Å². The molecule has 1 aromatic carbocycles. The molecule has 13 heavy (non-hydrogen) atoms. The Labute approximate surface area is 85.8 Å². The van der Waals surface area contributed by atoms with Gasteiger partial charge in [-0.2, -0.15) is 0 Å².